The van der Waals surface area contributed by atoms with Crippen molar-refractivity contribution in [3.05, 3.63) is 57.8 Å². The summed E-state index contributed by atoms with van der Waals surface area (Å²) in [7, 11) is 1.80. The van der Waals surface area contributed by atoms with Gasteiger partial charge in [0.15, 0.2) is 0 Å². The molecule has 1 aromatic carbocycles. The van der Waals surface area contributed by atoms with Crippen LogP contribution in [0.4, 0.5) is 0 Å². The first-order valence-corrected chi connectivity index (χ1v) is 11.3. The van der Waals surface area contributed by atoms with E-state index >= 15 is 0 Å². The number of ether oxygens (including phenoxy) is 1. The fourth-order valence-electron chi connectivity index (χ4n) is 5.35. The van der Waals surface area contributed by atoms with E-state index in [2.05, 4.69) is 34.5 Å². The Balaban J connectivity index is 1.42. The molecule has 1 N–H and O–H groups in total. The maximum absolute atomic E-state index is 12.8. The number of fused-ring (bicyclic) bond motifs is 2. The van der Waals surface area contributed by atoms with Gasteiger partial charge in [-0.05, 0) is 67.3 Å². The van der Waals surface area contributed by atoms with Gasteiger partial charge in [0.05, 0.1) is 17.0 Å². The second-order valence-electron chi connectivity index (χ2n) is 8.57. The van der Waals surface area contributed by atoms with Crippen molar-refractivity contribution in [1.82, 2.24) is 10.2 Å². The quantitative estimate of drug-likeness (QED) is 0.831. The largest absolute Gasteiger partial charge is 0.378 e. The lowest BCUT2D eigenvalue weighted by molar-refractivity contribution is -0.0116. The van der Waals surface area contributed by atoms with Crippen molar-refractivity contribution in [3.63, 3.8) is 0 Å². The van der Waals surface area contributed by atoms with E-state index in [-0.39, 0.29) is 23.5 Å². The fraction of sp³-hybridized carbons (Fsp3) is 0.522. The Morgan fingerprint density at radius 3 is 2.68 bits per heavy atom. The summed E-state index contributed by atoms with van der Waals surface area (Å²) in [6.45, 7) is 3.50. The molecule has 2 fully saturated rings. The molecule has 2 atom stereocenters. The molecule has 28 heavy (non-hydrogen) atoms. The molecular weight excluding hydrogens is 368 g/mol. The number of nitrogens with zero attached hydrogens (tertiary/aromatic N) is 1. The third kappa shape index (κ3) is 3.10. The van der Waals surface area contributed by atoms with Gasteiger partial charge in [0, 0.05) is 19.1 Å². The third-order valence-electron chi connectivity index (χ3n) is 6.93. The lowest BCUT2D eigenvalue weighted by Crippen LogP contribution is -2.50. The molecule has 2 aromatic rings. The van der Waals surface area contributed by atoms with Crippen LogP contribution in [-0.2, 0) is 10.2 Å². The van der Waals surface area contributed by atoms with Gasteiger partial charge < -0.3 is 15.0 Å². The summed E-state index contributed by atoms with van der Waals surface area (Å²) in [6, 6.07) is 12.4. The van der Waals surface area contributed by atoms with Gasteiger partial charge in [0.1, 0.15) is 0 Å². The molecule has 1 spiro atoms. The van der Waals surface area contributed by atoms with E-state index in [0.29, 0.717) is 0 Å². The Morgan fingerprint density at radius 1 is 1.21 bits per heavy atom. The number of nitrogens with one attached hydrogen (secondary N) is 1. The number of piperidine rings is 1. The van der Waals surface area contributed by atoms with Crippen LogP contribution in [0.3, 0.4) is 0 Å². The van der Waals surface area contributed by atoms with Crippen LogP contribution in [0, 0.1) is 5.92 Å². The van der Waals surface area contributed by atoms with Gasteiger partial charge in [-0.1, -0.05) is 30.3 Å². The van der Waals surface area contributed by atoms with Crippen LogP contribution >= 0.6 is 11.3 Å². The van der Waals surface area contributed by atoms with Crippen LogP contribution in [0.15, 0.2) is 41.8 Å². The molecule has 0 unspecified atom stereocenters. The van der Waals surface area contributed by atoms with Crippen molar-refractivity contribution >= 4 is 17.2 Å². The Morgan fingerprint density at radius 2 is 2.00 bits per heavy atom. The number of hydrogen-bond acceptors (Lipinski definition) is 4. The van der Waals surface area contributed by atoms with Crippen LogP contribution in [0.25, 0.3) is 0 Å². The lowest BCUT2D eigenvalue weighted by atomic mass is 9.72. The Hall–Kier alpha value is -1.69. The van der Waals surface area contributed by atoms with Crippen LogP contribution in [0.2, 0.25) is 0 Å². The predicted molar refractivity (Wildman–Crippen MR) is 112 cm³/mol. The van der Waals surface area contributed by atoms with Gasteiger partial charge in [-0.25, -0.2) is 0 Å². The highest BCUT2D eigenvalue weighted by Gasteiger charge is 2.54. The second kappa shape index (κ2) is 7.29. The molecule has 0 bridgehead atoms. The molecule has 2 heterocycles. The van der Waals surface area contributed by atoms with E-state index in [0.717, 1.165) is 36.7 Å². The highest BCUT2D eigenvalue weighted by atomic mass is 32.1. The summed E-state index contributed by atoms with van der Waals surface area (Å²) < 4.78 is 6.12. The van der Waals surface area contributed by atoms with E-state index in [1.165, 1.54) is 41.9 Å². The maximum atomic E-state index is 12.8. The molecule has 1 aromatic heterocycles. The molecule has 5 heteroatoms. The Bertz CT molecular complexity index is 838. The zero-order valence-electron chi connectivity index (χ0n) is 16.4. The zero-order chi connectivity index (χ0) is 19.1. The molecule has 5 rings (SSSR count). The van der Waals surface area contributed by atoms with Crippen molar-refractivity contribution in [3.8, 4) is 0 Å². The number of carbonyl (C=O) groups is 1. The average Bonchev–Trinajstić information content (AvgIpc) is 3.28. The molecular formula is C23H28N2O2S. The topological polar surface area (TPSA) is 41.6 Å². The molecule has 148 valence electrons. The first-order valence-electron chi connectivity index (χ1n) is 10.4. The highest BCUT2D eigenvalue weighted by Crippen LogP contribution is 2.52. The Kier molecular flexibility index (Phi) is 4.77. The number of likely N-dealkylation sites (tertiary alicyclic amines) is 1. The van der Waals surface area contributed by atoms with Crippen LogP contribution in [0.5, 0.6) is 0 Å². The van der Waals surface area contributed by atoms with Crippen molar-refractivity contribution in [2.24, 2.45) is 5.92 Å². The maximum Gasteiger partial charge on any atom is 0.261 e. The molecule has 3 aliphatic rings. The van der Waals surface area contributed by atoms with Crippen LogP contribution in [-0.4, -0.2) is 43.7 Å². The van der Waals surface area contributed by atoms with Gasteiger partial charge >= 0.3 is 0 Å². The Labute approximate surface area is 170 Å². The SMILES string of the molecule is CO[C@H]1[C@H](NC(=O)c2cccs2)c2ccccc2C12CCN(CC1CC1)CC2. The smallest absolute Gasteiger partial charge is 0.261 e. The normalized spacial score (nSPS) is 26.3. The summed E-state index contributed by atoms with van der Waals surface area (Å²) in [6.07, 6.45) is 4.99. The average molecular weight is 397 g/mol. The highest BCUT2D eigenvalue weighted by molar-refractivity contribution is 7.12. The first-order chi connectivity index (χ1) is 13.7. The lowest BCUT2D eigenvalue weighted by Gasteiger charge is -2.44. The molecule has 1 saturated carbocycles. The first kappa shape index (κ1) is 18.3. The van der Waals surface area contributed by atoms with Gasteiger partial charge in [-0.3, -0.25) is 4.79 Å². The second-order valence-corrected chi connectivity index (χ2v) is 9.52. The summed E-state index contributed by atoms with van der Waals surface area (Å²) in [5.74, 6) is 0.932. The summed E-state index contributed by atoms with van der Waals surface area (Å²) in [5, 5.41) is 5.24. The standard InChI is InChI=1S/C23H28N2O2S/c1-27-21-20(24-22(26)19-7-4-14-28-19)17-5-2-3-6-18(17)23(21)10-12-25(13-11-23)15-16-8-9-16/h2-7,14,16,20-21H,8-13,15H2,1H3,(H,24,26)/t20-,21+/m1/s1. The zero-order valence-corrected chi connectivity index (χ0v) is 17.2. The van der Waals surface area contributed by atoms with E-state index in [9.17, 15) is 4.79 Å². The van der Waals surface area contributed by atoms with Crippen molar-refractivity contribution < 1.29 is 9.53 Å². The van der Waals surface area contributed by atoms with E-state index in [4.69, 9.17) is 4.74 Å². The number of carbonyl (C=O) groups excluding carboxylic acids is 1. The molecule has 0 radical (unpaired) electrons. The minimum atomic E-state index is -0.0919. The van der Waals surface area contributed by atoms with Crippen molar-refractivity contribution in [2.75, 3.05) is 26.7 Å². The fourth-order valence-corrected chi connectivity index (χ4v) is 5.97. The van der Waals surface area contributed by atoms with Crippen molar-refractivity contribution in [1.29, 1.82) is 0 Å². The predicted octanol–water partition coefficient (Wildman–Crippen LogP) is 3.99. The minimum Gasteiger partial charge on any atom is -0.378 e. The summed E-state index contributed by atoms with van der Waals surface area (Å²) in [5.41, 5.74) is 2.61. The van der Waals surface area contributed by atoms with Crippen LogP contribution < -0.4 is 5.32 Å². The van der Waals surface area contributed by atoms with Crippen LogP contribution in [0.1, 0.15) is 52.5 Å². The van der Waals surface area contributed by atoms with E-state index in [1.807, 2.05) is 17.5 Å². The third-order valence-corrected chi connectivity index (χ3v) is 7.80. The van der Waals surface area contributed by atoms with E-state index < -0.39 is 0 Å². The van der Waals surface area contributed by atoms with Gasteiger partial charge in [-0.2, -0.15) is 0 Å². The van der Waals surface area contributed by atoms with Gasteiger partial charge in [0.25, 0.3) is 5.91 Å². The van der Waals surface area contributed by atoms with Crippen molar-refractivity contribution in [2.45, 2.75) is 43.2 Å². The molecule has 1 amide bonds. The number of amides is 1. The monoisotopic (exact) mass is 396 g/mol. The van der Waals surface area contributed by atoms with E-state index in [1.54, 1.807) is 7.11 Å². The summed E-state index contributed by atoms with van der Waals surface area (Å²) >= 11 is 1.48. The number of hydrogen-bond donors (Lipinski definition) is 1. The van der Waals surface area contributed by atoms with Gasteiger partial charge in [-0.15, -0.1) is 11.3 Å². The molecule has 4 nitrogen and oxygen atoms in total. The number of thiophene rings is 1. The number of benzene rings is 1. The number of methoxy groups -OCH3 is 1. The molecule has 1 saturated heterocycles. The minimum absolute atomic E-state index is 0.0000671. The van der Waals surface area contributed by atoms with Gasteiger partial charge in [0.2, 0.25) is 0 Å². The molecule has 2 aliphatic carbocycles. The molecule has 1 aliphatic heterocycles. The number of rotatable bonds is 5. The summed E-state index contributed by atoms with van der Waals surface area (Å²) in [4.78, 5) is 16.2.